The molecular formula is C11H21N3. The monoisotopic (exact) mass is 195 g/mol. The maximum atomic E-state index is 6.09. The summed E-state index contributed by atoms with van der Waals surface area (Å²) in [5.41, 5.74) is 7.25. The molecule has 2 unspecified atom stereocenters. The number of hydrogen-bond donors (Lipinski definition) is 1. The Morgan fingerprint density at radius 2 is 2.21 bits per heavy atom. The Morgan fingerprint density at radius 3 is 2.71 bits per heavy atom. The van der Waals surface area contributed by atoms with Crippen molar-refractivity contribution in [1.82, 2.24) is 9.78 Å². The Bertz CT molecular complexity index is 267. The molecule has 80 valence electrons. The standard InChI is InChI=1S/C11H21N3/c1-4-9(3)6-11(12)10-7-13-14(5-2)8-10/h7-9,11H,4-6,12H2,1-3H3. The van der Waals surface area contributed by atoms with Crippen molar-refractivity contribution < 1.29 is 0 Å². The van der Waals surface area contributed by atoms with E-state index < -0.39 is 0 Å². The molecule has 14 heavy (non-hydrogen) atoms. The molecule has 0 radical (unpaired) electrons. The SMILES string of the molecule is CCC(C)CC(N)c1cnn(CC)c1. The smallest absolute Gasteiger partial charge is 0.0537 e. The van der Waals surface area contributed by atoms with E-state index in [0.717, 1.165) is 18.5 Å². The minimum absolute atomic E-state index is 0.144. The third kappa shape index (κ3) is 2.84. The normalized spacial score (nSPS) is 15.4. The van der Waals surface area contributed by atoms with Gasteiger partial charge in [0.2, 0.25) is 0 Å². The first kappa shape index (κ1) is 11.2. The largest absolute Gasteiger partial charge is 0.324 e. The average molecular weight is 195 g/mol. The van der Waals surface area contributed by atoms with Gasteiger partial charge in [-0.3, -0.25) is 4.68 Å². The number of hydrogen-bond acceptors (Lipinski definition) is 2. The molecule has 0 bridgehead atoms. The van der Waals surface area contributed by atoms with Gasteiger partial charge in [0.15, 0.2) is 0 Å². The van der Waals surface area contributed by atoms with E-state index in [9.17, 15) is 0 Å². The highest BCUT2D eigenvalue weighted by Crippen LogP contribution is 2.19. The van der Waals surface area contributed by atoms with Crippen molar-refractivity contribution in [3.8, 4) is 0 Å². The fraction of sp³-hybridized carbons (Fsp3) is 0.727. The summed E-state index contributed by atoms with van der Waals surface area (Å²) >= 11 is 0. The minimum atomic E-state index is 0.144. The van der Waals surface area contributed by atoms with E-state index in [1.54, 1.807) is 0 Å². The van der Waals surface area contributed by atoms with Gasteiger partial charge < -0.3 is 5.73 Å². The molecule has 0 fully saturated rings. The number of aromatic nitrogens is 2. The van der Waals surface area contributed by atoms with Crippen molar-refractivity contribution in [3.63, 3.8) is 0 Å². The van der Waals surface area contributed by atoms with E-state index in [1.165, 1.54) is 6.42 Å². The van der Waals surface area contributed by atoms with E-state index in [4.69, 9.17) is 5.73 Å². The molecule has 1 aromatic rings. The lowest BCUT2D eigenvalue weighted by atomic mass is 9.97. The van der Waals surface area contributed by atoms with Crippen LogP contribution in [0.5, 0.6) is 0 Å². The van der Waals surface area contributed by atoms with Crippen LogP contribution >= 0.6 is 0 Å². The van der Waals surface area contributed by atoms with Crippen molar-refractivity contribution in [2.45, 2.75) is 46.2 Å². The van der Waals surface area contributed by atoms with Crippen LogP contribution in [-0.4, -0.2) is 9.78 Å². The van der Waals surface area contributed by atoms with E-state index in [0.29, 0.717) is 5.92 Å². The molecule has 0 aromatic carbocycles. The summed E-state index contributed by atoms with van der Waals surface area (Å²) in [5.74, 6) is 0.690. The van der Waals surface area contributed by atoms with Crippen molar-refractivity contribution in [1.29, 1.82) is 0 Å². The lowest BCUT2D eigenvalue weighted by molar-refractivity contribution is 0.461. The van der Waals surface area contributed by atoms with Gasteiger partial charge in [-0.15, -0.1) is 0 Å². The lowest BCUT2D eigenvalue weighted by Crippen LogP contribution is -2.13. The number of nitrogens with zero attached hydrogens (tertiary/aromatic N) is 2. The first-order valence-corrected chi connectivity index (χ1v) is 5.45. The number of aryl methyl sites for hydroxylation is 1. The van der Waals surface area contributed by atoms with E-state index in [2.05, 4.69) is 25.9 Å². The summed E-state index contributed by atoms with van der Waals surface area (Å²) in [6.45, 7) is 7.43. The fourth-order valence-electron chi connectivity index (χ4n) is 1.48. The molecule has 0 aliphatic carbocycles. The second kappa shape index (κ2) is 5.15. The summed E-state index contributed by atoms with van der Waals surface area (Å²) in [4.78, 5) is 0. The molecule has 3 nitrogen and oxygen atoms in total. The van der Waals surface area contributed by atoms with Gasteiger partial charge >= 0.3 is 0 Å². The predicted molar refractivity (Wildman–Crippen MR) is 58.9 cm³/mol. The van der Waals surface area contributed by atoms with Crippen molar-refractivity contribution in [2.75, 3.05) is 0 Å². The van der Waals surface area contributed by atoms with Gasteiger partial charge in [0.1, 0.15) is 0 Å². The summed E-state index contributed by atoms with van der Waals surface area (Å²) in [7, 11) is 0. The Labute approximate surface area is 86.3 Å². The Kier molecular flexibility index (Phi) is 4.14. The highest BCUT2D eigenvalue weighted by molar-refractivity contribution is 5.09. The van der Waals surface area contributed by atoms with Crippen molar-refractivity contribution in [2.24, 2.45) is 11.7 Å². The van der Waals surface area contributed by atoms with Crippen LogP contribution in [-0.2, 0) is 6.54 Å². The van der Waals surface area contributed by atoms with E-state index >= 15 is 0 Å². The quantitative estimate of drug-likeness (QED) is 0.783. The molecule has 2 atom stereocenters. The van der Waals surface area contributed by atoms with Crippen LogP contribution in [0.15, 0.2) is 12.4 Å². The van der Waals surface area contributed by atoms with Crippen LogP contribution < -0.4 is 5.73 Å². The Morgan fingerprint density at radius 1 is 1.50 bits per heavy atom. The molecule has 1 heterocycles. The third-order valence-electron chi connectivity index (χ3n) is 2.76. The molecule has 1 rings (SSSR count). The van der Waals surface area contributed by atoms with E-state index in [-0.39, 0.29) is 6.04 Å². The van der Waals surface area contributed by atoms with Crippen molar-refractivity contribution >= 4 is 0 Å². The summed E-state index contributed by atoms with van der Waals surface area (Å²) < 4.78 is 1.92. The minimum Gasteiger partial charge on any atom is -0.324 e. The number of nitrogens with two attached hydrogens (primary N) is 1. The van der Waals surface area contributed by atoms with Crippen LogP contribution in [0.4, 0.5) is 0 Å². The summed E-state index contributed by atoms with van der Waals surface area (Å²) in [6, 6.07) is 0.144. The topological polar surface area (TPSA) is 43.8 Å². The average Bonchev–Trinajstić information content (AvgIpc) is 2.65. The predicted octanol–water partition coefficient (Wildman–Crippen LogP) is 2.34. The molecule has 0 saturated carbocycles. The van der Waals surface area contributed by atoms with Gasteiger partial charge in [-0.2, -0.15) is 5.10 Å². The second-order valence-corrected chi connectivity index (χ2v) is 3.98. The zero-order valence-electron chi connectivity index (χ0n) is 9.40. The Hall–Kier alpha value is -0.830. The van der Waals surface area contributed by atoms with Crippen LogP contribution in [0, 0.1) is 5.92 Å². The number of rotatable bonds is 5. The zero-order valence-corrected chi connectivity index (χ0v) is 9.40. The van der Waals surface area contributed by atoms with Crippen LogP contribution in [0.3, 0.4) is 0 Å². The molecule has 3 heteroatoms. The maximum absolute atomic E-state index is 6.09. The third-order valence-corrected chi connectivity index (χ3v) is 2.76. The molecule has 0 spiro atoms. The van der Waals surface area contributed by atoms with Crippen LogP contribution in [0.2, 0.25) is 0 Å². The highest BCUT2D eigenvalue weighted by atomic mass is 15.3. The summed E-state index contributed by atoms with van der Waals surface area (Å²) in [5, 5.41) is 4.23. The first-order valence-electron chi connectivity index (χ1n) is 5.45. The lowest BCUT2D eigenvalue weighted by Gasteiger charge is -2.13. The Balaban J connectivity index is 2.55. The van der Waals surface area contributed by atoms with Gasteiger partial charge in [-0.05, 0) is 19.3 Å². The molecule has 0 saturated heterocycles. The fourth-order valence-corrected chi connectivity index (χ4v) is 1.48. The molecule has 2 N–H and O–H groups in total. The molecule has 1 aromatic heterocycles. The maximum Gasteiger partial charge on any atom is 0.0537 e. The first-order chi connectivity index (χ1) is 6.67. The van der Waals surface area contributed by atoms with Gasteiger partial charge in [0.25, 0.3) is 0 Å². The van der Waals surface area contributed by atoms with Crippen LogP contribution in [0.1, 0.15) is 45.2 Å². The molecule has 0 aliphatic rings. The zero-order chi connectivity index (χ0) is 10.6. The molecule has 0 amide bonds. The van der Waals surface area contributed by atoms with Crippen molar-refractivity contribution in [3.05, 3.63) is 18.0 Å². The summed E-state index contributed by atoms with van der Waals surface area (Å²) in [6.07, 6.45) is 6.17. The van der Waals surface area contributed by atoms with Crippen LogP contribution in [0.25, 0.3) is 0 Å². The highest BCUT2D eigenvalue weighted by Gasteiger charge is 2.11. The van der Waals surface area contributed by atoms with Gasteiger partial charge in [-0.1, -0.05) is 20.3 Å². The van der Waals surface area contributed by atoms with Gasteiger partial charge in [0.05, 0.1) is 6.20 Å². The van der Waals surface area contributed by atoms with Gasteiger partial charge in [-0.25, -0.2) is 0 Å². The molecule has 0 aliphatic heterocycles. The van der Waals surface area contributed by atoms with E-state index in [1.807, 2.05) is 17.1 Å². The van der Waals surface area contributed by atoms with Gasteiger partial charge in [0, 0.05) is 24.3 Å². The molecular weight excluding hydrogens is 174 g/mol. The second-order valence-electron chi connectivity index (χ2n) is 3.98.